The van der Waals surface area contributed by atoms with E-state index >= 15 is 0 Å². The summed E-state index contributed by atoms with van der Waals surface area (Å²) in [6, 6.07) is 8.92. The molecule has 1 aliphatic rings. The number of nitrogens with zero attached hydrogens (tertiary/aromatic N) is 1. The number of amides is 1. The van der Waals surface area contributed by atoms with Crippen LogP contribution >= 0.6 is 11.6 Å². The van der Waals surface area contributed by atoms with E-state index < -0.39 is 6.16 Å². The monoisotopic (exact) mass is 527 g/mol. The van der Waals surface area contributed by atoms with E-state index in [2.05, 4.69) is 10.2 Å². The van der Waals surface area contributed by atoms with E-state index in [-0.39, 0.29) is 23.9 Å². The second-order valence-electron chi connectivity index (χ2n) is 7.96. The molecule has 0 unspecified atom stereocenters. The van der Waals surface area contributed by atoms with Gasteiger partial charge in [0.25, 0.3) is 5.91 Å². The van der Waals surface area contributed by atoms with Gasteiger partial charge < -0.3 is 40.4 Å². The van der Waals surface area contributed by atoms with Crippen molar-refractivity contribution in [2.24, 2.45) is 0 Å². The van der Waals surface area contributed by atoms with Crippen LogP contribution in [-0.4, -0.2) is 79.8 Å². The molecule has 12 heteroatoms. The number of anilines is 1. The number of carboxylic acid groups (broad SMARTS) is 2. The van der Waals surface area contributed by atoms with Crippen molar-refractivity contribution in [3.05, 3.63) is 52.8 Å². The third kappa shape index (κ3) is 9.06. The molecule has 1 fully saturated rings. The zero-order valence-electron chi connectivity index (χ0n) is 20.1. The highest BCUT2D eigenvalue weighted by Gasteiger charge is 2.31. The maximum absolute atomic E-state index is 12.9. The van der Waals surface area contributed by atoms with Gasteiger partial charge in [0.05, 0.1) is 42.1 Å². The average Bonchev–Trinajstić information content (AvgIpc) is 2.84. The number of nitrogens with one attached hydrogen (secondary N) is 1. The third-order valence-corrected chi connectivity index (χ3v) is 5.85. The molecule has 3 rings (SSSR count). The lowest BCUT2D eigenvalue weighted by atomic mass is 10.0. The van der Waals surface area contributed by atoms with Gasteiger partial charge >= 0.3 is 6.16 Å². The van der Waals surface area contributed by atoms with Crippen molar-refractivity contribution in [2.45, 2.75) is 25.0 Å². The van der Waals surface area contributed by atoms with E-state index in [1.807, 2.05) is 0 Å². The fourth-order valence-electron chi connectivity index (χ4n) is 3.76. The molecule has 0 aromatic heterocycles. The lowest BCUT2D eigenvalue weighted by Gasteiger charge is -2.38. The van der Waals surface area contributed by atoms with Crippen molar-refractivity contribution in [1.29, 1.82) is 0 Å². The number of carbonyl (C=O) groups is 2. The summed E-state index contributed by atoms with van der Waals surface area (Å²) in [6.45, 7) is 2.89. The lowest BCUT2D eigenvalue weighted by Crippen LogP contribution is -2.55. The number of rotatable bonds is 9. The normalized spacial score (nSPS) is 17.4. The molecule has 36 heavy (non-hydrogen) atoms. The SMILES string of the molecule is COc1cc(N)c(Cl)cc1C(=O)N[C@@H]1CCN(CCCOc2ccc(F)cc2)C[C@@H]1OC.O=C(O)O. The molecule has 2 atom stereocenters. The maximum atomic E-state index is 12.9. The molecular weight excluding hydrogens is 497 g/mol. The van der Waals surface area contributed by atoms with E-state index in [0.29, 0.717) is 40.9 Å². The summed E-state index contributed by atoms with van der Waals surface area (Å²) in [5.74, 6) is 0.463. The molecule has 2 aromatic carbocycles. The largest absolute Gasteiger partial charge is 0.503 e. The number of halogens is 2. The number of piperidine rings is 1. The predicted molar refractivity (Wildman–Crippen MR) is 133 cm³/mol. The Balaban J connectivity index is 0.00000106. The summed E-state index contributed by atoms with van der Waals surface area (Å²) < 4.78 is 29.5. The second kappa shape index (κ2) is 14.3. The van der Waals surface area contributed by atoms with Gasteiger partial charge in [-0.3, -0.25) is 4.79 Å². The number of ether oxygens (including phenoxy) is 3. The molecule has 0 saturated carbocycles. The molecule has 0 radical (unpaired) electrons. The molecule has 1 amide bonds. The van der Waals surface area contributed by atoms with Crippen molar-refractivity contribution in [1.82, 2.24) is 10.2 Å². The minimum absolute atomic E-state index is 0.139. The van der Waals surface area contributed by atoms with Gasteiger partial charge in [0.1, 0.15) is 17.3 Å². The summed E-state index contributed by atoms with van der Waals surface area (Å²) in [7, 11) is 3.13. The van der Waals surface area contributed by atoms with Crippen LogP contribution in [0, 0.1) is 5.82 Å². The number of likely N-dealkylation sites (tertiary alicyclic amines) is 1. The Bertz CT molecular complexity index is 1010. The molecule has 5 N–H and O–H groups in total. The first kappa shape index (κ1) is 29.0. The van der Waals surface area contributed by atoms with Crippen LogP contribution in [0.1, 0.15) is 23.2 Å². The van der Waals surface area contributed by atoms with Crippen LogP contribution in [0.3, 0.4) is 0 Å². The Kier molecular flexibility index (Phi) is 11.5. The Morgan fingerprint density at radius 3 is 2.50 bits per heavy atom. The van der Waals surface area contributed by atoms with Crippen LogP contribution in [-0.2, 0) is 4.74 Å². The van der Waals surface area contributed by atoms with Gasteiger partial charge in [0.2, 0.25) is 0 Å². The number of nitrogens with two attached hydrogens (primary N) is 1. The van der Waals surface area contributed by atoms with E-state index in [0.717, 1.165) is 25.9 Å². The topological polar surface area (TPSA) is 144 Å². The molecule has 0 aliphatic carbocycles. The number of hydrogen-bond acceptors (Lipinski definition) is 7. The zero-order valence-corrected chi connectivity index (χ0v) is 20.8. The molecule has 1 saturated heterocycles. The van der Waals surface area contributed by atoms with Crippen molar-refractivity contribution in [3.63, 3.8) is 0 Å². The van der Waals surface area contributed by atoms with Gasteiger partial charge in [-0.25, -0.2) is 9.18 Å². The summed E-state index contributed by atoms with van der Waals surface area (Å²) in [5, 5.41) is 17.3. The Labute approximate surface area is 213 Å². The fourth-order valence-corrected chi connectivity index (χ4v) is 3.92. The molecular formula is C24H31ClFN3O7. The smallest absolute Gasteiger partial charge is 0.496 e. The zero-order chi connectivity index (χ0) is 26.7. The standard InChI is InChI=1S/C23H29ClFN3O4.CH2O3/c1-30-21-13-19(26)18(24)12-17(21)23(29)27-20-8-10-28(14-22(20)31-2)9-3-11-32-16-6-4-15(25)5-7-16;2-1(3)4/h4-7,12-13,20,22H,3,8-11,14,26H2,1-2H3,(H,27,29);(H2,2,3,4)/t20-,22+;/m1./s1. The van der Waals surface area contributed by atoms with Gasteiger partial charge in [-0.15, -0.1) is 0 Å². The van der Waals surface area contributed by atoms with Crippen molar-refractivity contribution in [2.75, 3.05) is 46.2 Å². The Morgan fingerprint density at radius 1 is 1.22 bits per heavy atom. The van der Waals surface area contributed by atoms with E-state index in [1.54, 1.807) is 25.3 Å². The van der Waals surface area contributed by atoms with Crippen LogP contribution in [0.5, 0.6) is 11.5 Å². The number of methoxy groups -OCH3 is 2. The average molecular weight is 528 g/mol. The van der Waals surface area contributed by atoms with Gasteiger partial charge in [-0.05, 0) is 43.2 Å². The summed E-state index contributed by atoms with van der Waals surface area (Å²) in [6.07, 6.45) is -0.416. The minimum Gasteiger partial charge on any atom is -0.496 e. The predicted octanol–water partition coefficient (Wildman–Crippen LogP) is 3.58. The van der Waals surface area contributed by atoms with Crippen molar-refractivity contribution >= 4 is 29.4 Å². The fraction of sp³-hybridized carbons (Fsp3) is 0.417. The number of hydrogen-bond donors (Lipinski definition) is 4. The quantitative estimate of drug-likeness (QED) is 0.284. The van der Waals surface area contributed by atoms with Crippen LogP contribution in [0.15, 0.2) is 36.4 Å². The highest BCUT2D eigenvalue weighted by atomic mass is 35.5. The van der Waals surface area contributed by atoms with Crippen LogP contribution in [0.2, 0.25) is 5.02 Å². The molecule has 0 spiro atoms. The maximum Gasteiger partial charge on any atom is 0.503 e. The summed E-state index contributed by atoms with van der Waals surface area (Å²) in [5.41, 5.74) is 6.49. The highest BCUT2D eigenvalue weighted by molar-refractivity contribution is 6.33. The molecule has 10 nitrogen and oxygen atoms in total. The first-order valence-electron chi connectivity index (χ1n) is 11.1. The van der Waals surface area contributed by atoms with Gasteiger partial charge in [0, 0.05) is 32.8 Å². The first-order chi connectivity index (χ1) is 17.1. The number of nitrogen functional groups attached to an aromatic ring is 1. The summed E-state index contributed by atoms with van der Waals surface area (Å²) in [4.78, 5) is 23.7. The van der Waals surface area contributed by atoms with E-state index in [4.69, 9.17) is 46.6 Å². The van der Waals surface area contributed by atoms with Crippen molar-refractivity contribution in [3.8, 4) is 11.5 Å². The lowest BCUT2D eigenvalue weighted by molar-refractivity contribution is 0.00527. The minimum atomic E-state index is -1.83. The highest BCUT2D eigenvalue weighted by Crippen LogP contribution is 2.29. The Morgan fingerprint density at radius 2 is 1.89 bits per heavy atom. The molecule has 2 aromatic rings. The van der Waals surface area contributed by atoms with Gasteiger partial charge in [-0.2, -0.15) is 0 Å². The molecule has 1 heterocycles. The molecule has 1 aliphatic heterocycles. The third-order valence-electron chi connectivity index (χ3n) is 5.53. The van der Waals surface area contributed by atoms with E-state index in [9.17, 15) is 9.18 Å². The van der Waals surface area contributed by atoms with Crippen molar-refractivity contribution < 1.29 is 38.4 Å². The van der Waals surface area contributed by atoms with E-state index in [1.165, 1.54) is 25.3 Å². The van der Waals surface area contributed by atoms with Crippen LogP contribution in [0.25, 0.3) is 0 Å². The van der Waals surface area contributed by atoms with Gasteiger partial charge in [0.15, 0.2) is 0 Å². The van der Waals surface area contributed by atoms with Gasteiger partial charge in [-0.1, -0.05) is 11.6 Å². The number of carbonyl (C=O) groups excluding carboxylic acids is 1. The summed E-state index contributed by atoms with van der Waals surface area (Å²) >= 11 is 6.09. The second-order valence-corrected chi connectivity index (χ2v) is 8.36. The van der Waals surface area contributed by atoms with Crippen LogP contribution in [0.4, 0.5) is 14.9 Å². The first-order valence-corrected chi connectivity index (χ1v) is 11.5. The molecule has 198 valence electrons. The number of benzene rings is 2. The Hall–Kier alpha value is -3.28. The molecule has 0 bridgehead atoms. The van der Waals surface area contributed by atoms with Crippen LogP contribution < -0.4 is 20.5 Å².